The standard InChI is InChI=1S/C26H20N4O3/c27-25(31)21-15-22-28-24(23(26(32)30(22)29-21)18-9-5-2-6-10-18)19-11-13-20(14-12-19)33-16-17-7-3-1-4-8-17/h1-15,29H,16H2,(H2,27,31). The molecule has 0 spiro atoms. The predicted octanol–water partition coefficient (Wildman–Crippen LogP) is 4.03. The summed E-state index contributed by atoms with van der Waals surface area (Å²) in [6.07, 6.45) is 0. The number of benzene rings is 3. The van der Waals surface area contributed by atoms with Crippen LogP contribution >= 0.6 is 0 Å². The van der Waals surface area contributed by atoms with E-state index in [1.54, 1.807) is 0 Å². The van der Waals surface area contributed by atoms with E-state index in [1.165, 1.54) is 10.6 Å². The average Bonchev–Trinajstić information content (AvgIpc) is 3.29. The Bertz CT molecular complexity index is 1490. The van der Waals surface area contributed by atoms with Crippen molar-refractivity contribution in [3.05, 3.63) is 113 Å². The molecule has 0 aliphatic heterocycles. The monoisotopic (exact) mass is 436 g/mol. The van der Waals surface area contributed by atoms with E-state index in [9.17, 15) is 9.59 Å². The molecule has 0 aliphatic rings. The summed E-state index contributed by atoms with van der Waals surface area (Å²) in [4.78, 5) is 29.7. The summed E-state index contributed by atoms with van der Waals surface area (Å²) < 4.78 is 7.12. The van der Waals surface area contributed by atoms with Crippen LogP contribution in [-0.4, -0.2) is 20.5 Å². The van der Waals surface area contributed by atoms with Crippen LogP contribution in [0.3, 0.4) is 0 Å². The number of nitrogens with two attached hydrogens (primary N) is 1. The normalized spacial score (nSPS) is 10.9. The zero-order chi connectivity index (χ0) is 22.8. The summed E-state index contributed by atoms with van der Waals surface area (Å²) in [7, 11) is 0. The Hall–Kier alpha value is -4.65. The fourth-order valence-electron chi connectivity index (χ4n) is 3.67. The number of hydrogen-bond donors (Lipinski definition) is 2. The van der Waals surface area contributed by atoms with E-state index in [-0.39, 0.29) is 11.3 Å². The van der Waals surface area contributed by atoms with E-state index in [4.69, 9.17) is 15.5 Å². The molecule has 5 rings (SSSR count). The van der Waals surface area contributed by atoms with Gasteiger partial charge < -0.3 is 10.5 Å². The number of H-pyrrole nitrogens is 1. The molecule has 0 bridgehead atoms. The lowest BCUT2D eigenvalue weighted by molar-refractivity contribution is 0.0995. The molecule has 0 saturated heterocycles. The number of primary amides is 1. The summed E-state index contributed by atoms with van der Waals surface area (Å²) in [5.74, 6) is 0.0435. The third-order valence-corrected chi connectivity index (χ3v) is 5.32. The molecule has 7 nitrogen and oxygen atoms in total. The van der Waals surface area contributed by atoms with Crippen LogP contribution in [0.15, 0.2) is 95.8 Å². The number of nitrogens with one attached hydrogen (secondary N) is 1. The van der Waals surface area contributed by atoms with Crippen molar-refractivity contribution < 1.29 is 9.53 Å². The fraction of sp³-hybridized carbons (Fsp3) is 0.0385. The van der Waals surface area contributed by atoms with Gasteiger partial charge in [-0.25, -0.2) is 9.50 Å². The molecule has 5 aromatic rings. The maximum absolute atomic E-state index is 13.4. The van der Waals surface area contributed by atoms with Gasteiger partial charge in [-0.3, -0.25) is 14.7 Å². The van der Waals surface area contributed by atoms with Gasteiger partial charge in [-0.15, -0.1) is 0 Å². The lowest BCUT2D eigenvalue weighted by Crippen LogP contribution is -2.20. The van der Waals surface area contributed by atoms with Crippen LogP contribution in [0.4, 0.5) is 0 Å². The zero-order valence-corrected chi connectivity index (χ0v) is 17.6. The average molecular weight is 436 g/mol. The van der Waals surface area contributed by atoms with E-state index in [0.29, 0.717) is 29.3 Å². The molecule has 0 radical (unpaired) electrons. The maximum Gasteiger partial charge on any atom is 0.281 e. The second kappa shape index (κ2) is 8.47. The molecule has 0 atom stereocenters. The lowest BCUT2D eigenvalue weighted by Gasteiger charge is -2.11. The molecular formula is C26H20N4O3. The van der Waals surface area contributed by atoms with Crippen LogP contribution in [0.2, 0.25) is 0 Å². The smallest absolute Gasteiger partial charge is 0.281 e. The minimum Gasteiger partial charge on any atom is -0.489 e. The summed E-state index contributed by atoms with van der Waals surface area (Å²) in [5.41, 5.74) is 8.97. The van der Waals surface area contributed by atoms with Crippen molar-refractivity contribution in [1.82, 2.24) is 14.6 Å². The van der Waals surface area contributed by atoms with Crippen LogP contribution in [0.5, 0.6) is 5.75 Å². The SMILES string of the molecule is NC(=O)c1cc2nc(-c3ccc(OCc4ccccc4)cc3)c(-c3ccccc3)c(=O)n2[nH]1. The third kappa shape index (κ3) is 3.99. The van der Waals surface area contributed by atoms with Gasteiger partial charge in [0.15, 0.2) is 5.65 Å². The number of carbonyl (C=O) groups excluding carboxylic acids is 1. The minimum absolute atomic E-state index is 0.112. The number of amides is 1. The summed E-state index contributed by atoms with van der Waals surface area (Å²) in [5, 5.41) is 2.74. The molecule has 0 aliphatic carbocycles. The second-order valence-corrected chi connectivity index (χ2v) is 7.53. The Labute approximate surface area is 189 Å². The van der Waals surface area contributed by atoms with Crippen molar-refractivity contribution in [2.75, 3.05) is 0 Å². The fourth-order valence-corrected chi connectivity index (χ4v) is 3.67. The zero-order valence-electron chi connectivity index (χ0n) is 17.6. The Morgan fingerprint density at radius 1 is 0.909 bits per heavy atom. The quantitative estimate of drug-likeness (QED) is 0.419. The molecule has 0 fully saturated rings. The number of rotatable bonds is 6. The molecule has 33 heavy (non-hydrogen) atoms. The van der Waals surface area contributed by atoms with E-state index in [0.717, 1.165) is 16.7 Å². The summed E-state index contributed by atoms with van der Waals surface area (Å²) in [6.45, 7) is 0.459. The minimum atomic E-state index is -0.664. The third-order valence-electron chi connectivity index (χ3n) is 5.32. The van der Waals surface area contributed by atoms with Crippen molar-refractivity contribution in [3.63, 3.8) is 0 Å². The van der Waals surface area contributed by atoms with Crippen molar-refractivity contribution >= 4 is 11.6 Å². The van der Waals surface area contributed by atoms with Gasteiger partial charge in [-0.05, 0) is 35.4 Å². The Morgan fingerprint density at radius 3 is 2.24 bits per heavy atom. The number of hydrogen-bond acceptors (Lipinski definition) is 4. The molecule has 2 aromatic heterocycles. The van der Waals surface area contributed by atoms with Crippen LogP contribution in [0, 0.1) is 0 Å². The highest BCUT2D eigenvalue weighted by Crippen LogP contribution is 2.29. The van der Waals surface area contributed by atoms with E-state index in [2.05, 4.69) is 5.10 Å². The first-order chi connectivity index (χ1) is 16.1. The predicted molar refractivity (Wildman–Crippen MR) is 126 cm³/mol. The van der Waals surface area contributed by atoms with Crippen LogP contribution < -0.4 is 16.0 Å². The first-order valence-electron chi connectivity index (χ1n) is 10.4. The Balaban J connectivity index is 1.57. The number of aromatic nitrogens is 3. The van der Waals surface area contributed by atoms with Crippen molar-refractivity contribution in [2.45, 2.75) is 6.61 Å². The molecule has 7 heteroatoms. The maximum atomic E-state index is 13.4. The van der Waals surface area contributed by atoms with Crippen LogP contribution in [0.25, 0.3) is 28.0 Å². The Kier molecular flexibility index (Phi) is 5.20. The summed E-state index contributed by atoms with van der Waals surface area (Å²) in [6, 6.07) is 28.1. The summed E-state index contributed by atoms with van der Waals surface area (Å²) >= 11 is 0. The Morgan fingerprint density at radius 2 is 1.58 bits per heavy atom. The van der Waals surface area contributed by atoms with Crippen molar-refractivity contribution in [2.24, 2.45) is 5.73 Å². The van der Waals surface area contributed by atoms with Crippen LogP contribution in [0.1, 0.15) is 16.1 Å². The van der Waals surface area contributed by atoms with Crippen molar-refractivity contribution in [3.8, 4) is 28.1 Å². The first kappa shape index (κ1) is 20.3. The number of aromatic amines is 1. The highest BCUT2D eigenvalue weighted by molar-refractivity contribution is 5.92. The first-order valence-corrected chi connectivity index (χ1v) is 10.4. The van der Waals surface area contributed by atoms with Gasteiger partial charge >= 0.3 is 0 Å². The number of nitrogens with zero attached hydrogens (tertiary/aromatic N) is 2. The molecule has 0 saturated carbocycles. The van der Waals surface area contributed by atoms with Gasteiger partial charge in [0, 0.05) is 11.6 Å². The second-order valence-electron chi connectivity index (χ2n) is 7.53. The molecule has 162 valence electrons. The van der Waals surface area contributed by atoms with Crippen molar-refractivity contribution in [1.29, 1.82) is 0 Å². The van der Waals surface area contributed by atoms with E-state index < -0.39 is 5.91 Å². The lowest BCUT2D eigenvalue weighted by atomic mass is 10.0. The molecule has 1 amide bonds. The van der Waals surface area contributed by atoms with Gasteiger partial charge in [-0.2, -0.15) is 0 Å². The highest BCUT2D eigenvalue weighted by atomic mass is 16.5. The topological polar surface area (TPSA) is 102 Å². The number of fused-ring (bicyclic) bond motifs is 1. The molecule has 2 heterocycles. The van der Waals surface area contributed by atoms with Gasteiger partial charge in [0.1, 0.15) is 18.1 Å². The highest BCUT2D eigenvalue weighted by Gasteiger charge is 2.19. The van der Waals surface area contributed by atoms with E-state index in [1.807, 2.05) is 84.9 Å². The van der Waals surface area contributed by atoms with E-state index >= 15 is 0 Å². The number of carbonyl (C=O) groups is 1. The number of ether oxygens (including phenoxy) is 1. The van der Waals surface area contributed by atoms with Gasteiger partial charge in [0.05, 0.1) is 11.3 Å². The van der Waals surface area contributed by atoms with Gasteiger partial charge in [-0.1, -0.05) is 60.7 Å². The molecular weight excluding hydrogens is 416 g/mol. The largest absolute Gasteiger partial charge is 0.489 e. The van der Waals surface area contributed by atoms with Crippen LogP contribution in [-0.2, 0) is 6.61 Å². The molecule has 3 N–H and O–H groups in total. The molecule has 3 aromatic carbocycles. The molecule has 0 unspecified atom stereocenters. The van der Waals surface area contributed by atoms with Gasteiger partial charge in [0.25, 0.3) is 11.5 Å². The van der Waals surface area contributed by atoms with Gasteiger partial charge in [0.2, 0.25) is 0 Å².